The van der Waals surface area contributed by atoms with E-state index in [0.29, 0.717) is 0 Å². The molecule has 1 rings (SSSR count). The Morgan fingerprint density at radius 3 is 2.36 bits per heavy atom. The van der Waals surface area contributed by atoms with Gasteiger partial charge in [0.25, 0.3) is 0 Å². The third kappa shape index (κ3) is 3.29. The standard InChI is InChI=1S/C11H21NO2/c1-8(2)10(13)12-9-4-6-11(3,14)7-5-9/h8-9,14H,4-7H2,1-3H3,(H,12,13). The average Bonchev–Trinajstić information content (AvgIpc) is 2.08. The van der Waals surface area contributed by atoms with Gasteiger partial charge < -0.3 is 10.4 Å². The zero-order chi connectivity index (χ0) is 10.8. The van der Waals surface area contributed by atoms with Crippen LogP contribution in [0.5, 0.6) is 0 Å². The first-order valence-corrected chi connectivity index (χ1v) is 5.43. The van der Waals surface area contributed by atoms with Gasteiger partial charge in [-0.05, 0) is 32.6 Å². The molecule has 1 saturated carbocycles. The number of hydrogen-bond donors (Lipinski definition) is 2. The second-order valence-electron chi connectivity index (χ2n) is 4.93. The van der Waals surface area contributed by atoms with Crippen LogP contribution in [-0.2, 0) is 4.79 Å². The van der Waals surface area contributed by atoms with E-state index in [1.807, 2.05) is 20.8 Å². The lowest BCUT2D eigenvalue weighted by molar-refractivity contribution is -0.125. The Labute approximate surface area is 85.9 Å². The quantitative estimate of drug-likeness (QED) is 0.707. The van der Waals surface area contributed by atoms with E-state index in [-0.39, 0.29) is 17.9 Å². The van der Waals surface area contributed by atoms with Gasteiger partial charge in [0, 0.05) is 12.0 Å². The Kier molecular flexibility index (Phi) is 3.53. The fourth-order valence-corrected chi connectivity index (χ4v) is 1.75. The summed E-state index contributed by atoms with van der Waals surface area (Å²) in [5, 5.41) is 12.7. The summed E-state index contributed by atoms with van der Waals surface area (Å²) in [4.78, 5) is 11.4. The molecule has 14 heavy (non-hydrogen) atoms. The van der Waals surface area contributed by atoms with Crippen molar-refractivity contribution in [3.05, 3.63) is 0 Å². The molecular formula is C11H21NO2. The zero-order valence-electron chi connectivity index (χ0n) is 9.34. The maximum atomic E-state index is 11.4. The molecule has 1 amide bonds. The largest absolute Gasteiger partial charge is 0.390 e. The van der Waals surface area contributed by atoms with Crippen molar-refractivity contribution in [3.63, 3.8) is 0 Å². The van der Waals surface area contributed by atoms with Crippen LogP contribution in [0.4, 0.5) is 0 Å². The highest BCUT2D eigenvalue weighted by Gasteiger charge is 2.29. The van der Waals surface area contributed by atoms with E-state index in [2.05, 4.69) is 5.32 Å². The molecule has 0 saturated heterocycles. The molecule has 1 aliphatic carbocycles. The molecule has 2 N–H and O–H groups in total. The van der Waals surface area contributed by atoms with Gasteiger partial charge in [-0.3, -0.25) is 4.79 Å². The molecule has 82 valence electrons. The smallest absolute Gasteiger partial charge is 0.222 e. The molecule has 0 heterocycles. The third-order valence-corrected chi connectivity index (χ3v) is 2.93. The van der Waals surface area contributed by atoms with Crippen LogP contribution in [0, 0.1) is 5.92 Å². The predicted octanol–water partition coefficient (Wildman–Crippen LogP) is 1.45. The number of hydrogen-bond acceptors (Lipinski definition) is 2. The van der Waals surface area contributed by atoms with Crippen LogP contribution in [0.2, 0.25) is 0 Å². The maximum Gasteiger partial charge on any atom is 0.222 e. The topological polar surface area (TPSA) is 49.3 Å². The second kappa shape index (κ2) is 4.30. The first-order valence-electron chi connectivity index (χ1n) is 5.43. The van der Waals surface area contributed by atoms with Crippen LogP contribution in [0.3, 0.4) is 0 Å². The lowest BCUT2D eigenvalue weighted by Crippen LogP contribution is -2.43. The summed E-state index contributed by atoms with van der Waals surface area (Å²) in [6.45, 7) is 5.66. The fourth-order valence-electron chi connectivity index (χ4n) is 1.75. The van der Waals surface area contributed by atoms with Crippen molar-refractivity contribution >= 4 is 5.91 Å². The van der Waals surface area contributed by atoms with Gasteiger partial charge in [-0.1, -0.05) is 13.8 Å². The normalized spacial score (nSPS) is 33.1. The molecule has 0 bridgehead atoms. The first-order chi connectivity index (χ1) is 6.41. The van der Waals surface area contributed by atoms with Gasteiger partial charge in [0.2, 0.25) is 5.91 Å². The van der Waals surface area contributed by atoms with E-state index in [9.17, 15) is 9.90 Å². The monoisotopic (exact) mass is 199 g/mol. The third-order valence-electron chi connectivity index (χ3n) is 2.93. The van der Waals surface area contributed by atoms with Crippen LogP contribution in [0.25, 0.3) is 0 Å². The summed E-state index contributed by atoms with van der Waals surface area (Å²) >= 11 is 0. The molecule has 0 spiro atoms. The number of amides is 1. The van der Waals surface area contributed by atoms with Crippen molar-refractivity contribution in [2.45, 2.75) is 58.1 Å². The second-order valence-corrected chi connectivity index (χ2v) is 4.93. The van der Waals surface area contributed by atoms with Gasteiger partial charge in [0.15, 0.2) is 0 Å². The summed E-state index contributed by atoms with van der Waals surface area (Å²) in [6.07, 6.45) is 3.36. The van der Waals surface area contributed by atoms with Crippen LogP contribution >= 0.6 is 0 Å². The minimum absolute atomic E-state index is 0.0532. The molecular weight excluding hydrogens is 178 g/mol. The van der Waals surface area contributed by atoms with Gasteiger partial charge in [-0.15, -0.1) is 0 Å². The molecule has 3 heteroatoms. The summed E-state index contributed by atoms with van der Waals surface area (Å²) < 4.78 is 0. The van der Waals surface area contributed by atoms with Crippen molar-refractivity contribution in [1.82, 2.24) is 5.32 Å². The van der Waals surface area contributed by atoms with Crippen molar-refractivity contribution < 1.29 is 9.90 Å². The first kappa shape index (κ1) is 11.5. The SMILES string of the molecule is CC(C)C(=O)NC1CCC(C)(O)CC1. The fraction of sp³-hybridized carbons (Fsp3) is 0.909. The number of carbonyl (C=O) groups is 1. The van der Waals surface area contributed by atoms with E-state index in [4.69, 9.17) is 0 Å². The average molecular weight is 199 g/mol. The Morgan fingerprint density at radius 1 is 1.43 bits per heavy atom. The van der Waals surface area contributed by atoms with E-state index in [1.54, 1.807) is 0 Å². The minimum Gasteiger partial charge on any atom is -0.390 e. The van der Waals surface area contributed by atoms with Gasteiger partial charge in [0.1, 0.15) is 0 Å². The summed E-state index contributed by atoms with van der Waals surface area (Å²) in [7, 11) is 0. The molecule has 0 aliphatic heterocycles. The molecule has 0 atom stereocenters. The summed E-state index contributed by atoms with van der Waals surface area (Å²) in [5.41, 5.74) is -0.515. The number of nitrogens with one attached hydrogen (secondary N) is 1. The van der Waals surface area contributed by atoms with Crippen molar-refractivity contribution in [3.8, 4) is 0 Å². The van der Waals surface area contributed by atoms with Gasteiger partial charge in [-0.2, -0.15) is 0 Å². The highest BCUT2D eigenvalue weighted by Crippen LogP contribution is 2.27. The van der Waals surface area contributed by atoms with Crippen LogP contribution in [0.15, 0.2) is 0 Å². The van der Waals surface area contributed by atoms with E-state index in [1.165, 1.54) is 0 Å². The molecule has 0 aromatic carbocycles. The molecule has 1 fully saturated rings. The van der Waals surface area contributed by atoms with Crippen LogP contribution < -0.4 is 5.32 Å². The molecule has 0 aromatic heterocycles. The Hall–Kier alpha value is -0.570. The zero-order valence-corrected chi connectivity index (χ0v) is 9.34. The lowest BCUT2D eigenvalue weighted by atomic mass is 9.83. The minimum atomic E-state index is -0.515. The van der Waals surface area contributed by atoms with Crippen molar-refractivity contribution in [2.75, 3.05) is 0 Å². The van der Waals surface area contributed by atoms with Gasteiger partial charge >= 0.3 is 0 Å². The molecule has 1 aliphatic rings. The molecule has 0 unspecified atom stereocenters. The van der Waals surface area contributed by atoms with E-state index >= 15 is 0 Å². The number of aliphatic hydroxyl groups is 1. The summed E-state index contributed by atoms with van der Waals surface area (Å²) in [5.74, 6) is 0.175. The predicted molar refractivity (Wildman–Crippen MR) is 55.9 cm³/mol. The highest BCUT2D eigenvalue weighted by molar-refractivity contribution is 5.78. The Morgan fingerprint density at radius 2 is 1.93 bits per heavy atom. The summed E-state index contributed by atoms with van der Waals surface area (Å²) in [6, 6.07) is 0.269. The Balaban J connectivity index is 2.33. The highest BCUT2D eigenvalue weighted by atomic mass is 16.3. The van der Waals surface area contributed by atoms with Crippen molar-refractivity contribution in [2.24, 2.45) is 5.92 Å². The van der Waals surface area contributed by atoms with Gasteiger partial charge in [0.05, 0.1) is 5.60 Å². The molecule has 0 aromatic rings. The van der Waals surface area contributed by atoms with E-state index < -0.39 is 5.60 Å². The van der Waals surface area contributed by atoms with Crippen LogP contribution in [-0.4, -0.2) is 22.7 Å². The maximum absolute atomic E-state index is 11.4. The Bertz CT molecular complexity index is 201. The lowest BCUT2D eigenvalue weighted by Gasteiger charge is -2.33. The molecule has 0 radical (unpaired) electrons. The number of rotatable bonds is 2. The van der Waals surface area contributed by atoms with Crippen LogP contribution in [0.1, 0.15) is 46.5 Å². The van der Waals surface area contributed by atoms with E-state index in [0.717, 1.165) is 25.7 Å². The number of carbonyl (C=O) groups excluding carboxylic acids is 1. The van der Waals surface area contributed by atoms with Crippen molar-refractivity contribution in [1.29, 1.82) is 0 Å². The van der Waals surface area contributed by atoms with Gasteiger partial charge in [-0.25, -0.2) is 0 Å². The molecule has 3 nitrogen and oxygen atoms in total.